The summed E-state index contributed by atoms with van der Waals surface area (Å²) in [5.41, 5.74) is 4.03. The summed E-state index contributed by atoms with van der Waals surface area (Å²) in [6, 6.07) is 22.9. The van der Waals surface area contributed by atoms with Gasteiger partial charge in [-0.3, -0.25) is 0 Å². The Labute approximate surface area is 188 Å². The molecule has 0 fully saturated rings. The Bertz CT molecular complexity index is 1100. The zero-order chi connectivity index (χ0) is 21.9. The van der Waals surface area contributed by atoms with Crippen LogP contribution in [0.3, 0.4) is 0 Å². The summed E-state index contributed by atoms with van der Waals surface area (Å²) < 4.78 is 25.7. The molecule has 5 rings (SSSR count). The fourth-order valence-corrected chi connectivity index (χ4v) is 4.34. The highest BCUT2D eigenvalue weighted by molar-refractivity contribution is 6.01. The molecule has 164 valence electrons. The summed E-state index contributed by atoms with van der Waals surface area (Å²) in [6.07, 6.45) is 3.85. The second-order valence-electron chi connectivity index (χ2n) is 8.29. The molecule has 2 atom stereocenters. The number of fused-ring (bicyclic) bond motifs is 3. The lowest BCUT2D eigenvalue weighted by atomic mass is 9.96. The van der Waals surface area contributed by atoms with Gasteiger partial charge in [0.05, 0.1) is 18.4 Å². The van der Waals surface area contributed by atoms with Gasteiger partial charge in [0.15, 0.2) is 0 Å². The summed E-state index contributed by atoms with van der Waals surface area (Å²) in [5.74, 6) is 1.51. The topological polar surface area (TPSA) is 34.1 Å². The monoisotopic (exact) mass is 430 g/mol. The van der Waals surface area contributed by atoms with Crippen LogP contribution in [0.15, 0.2) is 77.9 Å². The van der Waals surface area contributed by atoms with Crippen LogP contribution in [-0.2, 0) is 0 Å². The molecule has 3 aromatic rings. The summed E-state index contributed by atoms with van der Waals surface area (Å²) in [5, 5.41) is 6.97. The van der Waals surface area contributed by atoms with E-state index in [-0.39, 0.29) is 18.1 Å². The largest absolute Gasteiger partial charge is 0.494 e. The van der Waals surface area contributed by atoms with Crippen LogP contribution in [0.25, 0.3) is 0 Å². The first-order valence-electron chi connectivity index (χ1n) is 11.3. The SMILES string of the molecule is CCCCCOc1ccc([C@H]2Oc3ccccc3[C@@H]3CC(c4ccc(F)cc4)=NN23)cc1. The number of rotatable bonds is 7. The van der Waals surface area contributed by atoms with Crippen molar-refractivity contribution in [2.45, 2.75) is 44.9 Å². The molecular formula is C27H27FN2O2. The Kier molecular flexibility index (Phi) is 5.80. The lowest BCUT2D eigenvalue weighted by molar-refractivity contribution is -0.0190. The van der Waals surface area contributed by atoms with Crippen molar-refractivity contribution < 1.29 is 13.9 Å². The zero-order valence-electron chi connectivity index (χ0n) is 18.2. The summed E-state index contributed by atoms with van der Waals surface area (Å²) >= 11 is 0. The zero-order valence-corrected chi connectivity index (χ0v) is 18.2. The van der Waals surface area contributed by atoms with E-state index in [0.29, 0.717) is 0 Å². The van der Waals surface area contributed by atoms with Gasteiger partial charge in [-0.05, 0) is 54.4 Å². The second kappa shape index (κ2) is 9.03. The number of nitrogens with zero attached hydrogens (tertiary/aromatic N) is 2. The van der Waals surface area contributed by atoms with Crippen LogP contribution in [0.5, 0.6) is 11.5 Å². The molecule has 0 saturated carbocycles. The Hall–Kier alpha value is -3.34. The van der Waals surface area contributed by atoms with Crippen molar-refractivity contribution in [2.24, 2.45) is 5.10 Å². The minimum absolute atomic E-state index is 0.0787. The Morgan fingerprint density at radius 2 is 1.78 bits per heavy atom. The smallest absolute Gasteiger partial charge is 0.213 e. The third-order valence-corrected chi connectivity index (χ3v) is 6.06. The van der Waals surface area contributed by atoms with Crippen LogP contribution in [-0.4, -0.2) is 17.3 Å². The van der Waals surface area contributed by atoms with Crippen molar-refractivity contribution in [3.8, 4) is 11.5 Å². The van der Waals surface area contributed by atoms with Crippen molar-refractivity contribution in [1.29, 1.82) is 0 Å². The third-order valence-electron chi connectivity index (χ3n) is 6.06. The predicted molar refractivity (Wildman–Crippen MR) is 123 cm³/mol. The predicted octanol–water partition coefficient (Wildman–Crippen LogP) is 6.64. The van der Waals surface area contributed by atoms with Crippen molar-refractivity contribution in [3.05, 3.63) is 95.3 Å². The first-order valence-corrected chi connectivity index (χ1v) is 11.3. The summed E-state index contributed by atoms with van der Waals surface area (Å²) in [7, 11) is 0. The van der Waals surface area contributed by atoms with E-state index in [4.69, 9.17) is 14.6 Å². The van der Waals surface area contributed by atoms with Gasteiger partial charge in [0, 0.05) is 17.5 Å². The van der Waals surface area contributed by atoms with Crippen molar-refractivity contribution in [1.82, 2.24) is 5.01 Å². The van der Waals surface area contributed by atoms with Gasteiger partial charge in [-0.15, -0.1) is 0 Å². The van der Waals surface area contributed by atoms with Gasteiger partial charge in [0.1, 0.15) is 17.3 Å². The maximum Gasteiger partial charge on any atom is 0.213 e. The van der Waals surface area contributed by atoms with E-state index in [2.05, 4.69) is 25.1 Å². The molecule has 5 heteroatoms. The summed E-state index contributed by atoms with van der Waals surface area (Å²) in [6.45, 7) is 2.92. The molecular weight excluding hydrogens is 403 g/mol. The van der Waals surface area contributed by atoms with Gasteiger partial charge >= 0.3 is 0 Å². The molecule has 0 aliphatic carbocycles. The number of para-hydroxylation sites is 1. The molecule has 0 radical (unpaired) electrons. The van der Waals surface area contributed by atoms with E-state index in [9.17, 15) is 4.39 Å². The lowest BCUT2D eigenvalue weighted by Gasteiger charge is -2.38. The molecule has 0 spiro atoms. The standard InChI is InChI=1S/C27H27FN2O2/c1-2-3-6-17-31-22-15-11-20(12-16-22)27-30-25(23-7-4-5-8-26(23)32-27)18-24(29-30)19-9-13-21(28)14-10-19/h4-5,7-16,25,27H,2-3,6,17-18H2,1H3/t25-,27+/m0/s1. The maximum atomic E-state index is 13.4. The molecule has 0 N–H and O–H groups in total. The van der Waals surface area contributed by atoms with Crippen LogP contribution >= 0.6 is 0 Å². The minimum Gasteiger partial charge on any atom is -0.494 e. The van der Waals surface area contributed by atoms with E-state index in [0.717, 1.165) is 53.3 Å². The van der Waals surface area contributed by atoms with Crippen molar-refractivity contribution in [3.63, 3.8) is 0 Å². The molecule has 3 aromatic carbocycles. The first-order chi connectivity index (χ1) is 15.7. The number of unbranched alkanes of at least 4 members (excludes halogenated alkanes) is 2. The number of hydrogen-bond acceptors (Lipinski definition) is 4. The minimum atomic E-state index is -0.331. The van der Waals surface area contributed by atoms with Crippen LogP contribution in [0.2, 0.25) is 0 Å². The fraction of sp³-hybridized carbons (Fsp3) is 0.296. The first kappa shape index (κ1) is 20.6. The van der Waals surface area contributed by atoms with Crippen molar-refractivity contribution >= 4 is 5.71 Å². The number of ether oxygens (including phenoxy) is 2. The molecule has 0 amide bonds. The molecule has 2 heterocycles. The van der Waals surface area contributed by atoms with Gasteiger partial charge in [-0.25, -0.2) is 9.40 Å². The highest BCUT2D eigenvalue weighted by Crippen LogP contribution is 2.47. The molecule has 2 aliphatic rings. The molecule has 4 nitrogen and oxygen atoms in total. The molecule has 32 heavy (non-hydrogen) atoms. The van der Waals surface area contributed by atoms with Crippen LogP contribution in [0.1, 0.15) is 61.6 Å². The Balaban J connectivity index is 1.42. The van der Waals surface area contributed by atoms with Gasteiger partial charge in [0.25, 0.3) is 0 Å². The van der Waals surface area contributed by atoms with E-state index in [1.54, 1.807) is 12.1 Å². The lowest BCUT2D eigenvalue weighted by Crippen LogP contribution is -2.33. The van der Waals surface area contributed by atoms with Gasteiger partial charge in [0.2, 0.25) is 6.23 Å². The number of halogens is 1. The quantitative estimate of drug-likeness (QED) is 0.394. The molecule has 0 saturated heterocycles. The van der Waals surface area contributed by atoms with E-state index in [1.807, 2.05) is 35.3 Å². The molecule has 0 aromatic heterocycles. The van der Waals surface area contributed by atoms with Crippen molar-refractivity contribution in [2.75, 3.05) is 6.61 Å². The Morgan fingerprint density at radius 3 is 2.56 bits per heavy atom. The summed E-state index contributed by atoms with van der Waals surface area (Å²) in [4.78, 5) is 0. The highest BCUT2D eigenvalue weighted by atomic mass is 19.1. The van der Waals surface area contributed by atoms with E-state index >= 15 is 0 Å². The third kappa shape index (κ3) is 4.07. The van der Waals surface area contributed by atoms with E-state index in [1.165, 1.54) is 25.0 Å². The van der Waals surface area contributed by atoms with Crippen LogP contribution in [0, 0.1) is 5.82 Å². The van der Waals surface area contributed by atoms with Crippen LogP contribution < -0.4 is 9.47 Å². The molecule has 2 aliphatic heterocycles. The number of hydrazone groups is 1. The highest BCUT2D eigenvalue weighted by Gasteiger charge is 2.40. The molecule has 0 bridgehead atoms. The number of benzene rings is 3. The van der Waals surface area contributed by atoms with Crippen LogP contribution in [0.4, 0.5) is 4.39 Å². The van der Waals surface area contributed by atoms with Gasteiger partial charge < -0.3 is 9.47 Å². The van der Waals surface area contributed by atoms with Gasteiger partial charge in [-0.1, -0.05) is 50.1 Å². The maximum absolute atomic E-state index is 13.4. The average molecular weight is 431 g/mol. The second-order valence-corrected chi connectivity index (χ2v) is 8.29. The Morgan fingerprint density at radius 1 is 1.00 bits per heavy atom. The normalized spacial score (nSPS) is 19.1. The van der Waals surface area contributed by atoms with E-state index < -0.39 is 0 Å². The molecule has 0 unspecified atom stereocenters. The fourth-order valence-electron chi connectivity index (χ4n) is 4.34. The number of hydrogen-bond donors (Lipinski definition) is 0. The average Bonchev–Trinajstić information content (AvgIpc) is 3.28. The van der Waals surface area contributed by atoms with Gasteiger partial charge in [-0.2, -0.15) is 5.10 Å².